The number of hydrogen-bond donors (Lipinski definition) is 0. The lowest BCUT2D eigenvalue weighted by Gasteiger charge is -2.19. The molecule has 1 heterocycles. The van der Waals surface area contributed by atoms with Gasteiger partial charge in [-0.25, -0.2) is 0 Å². The van der Waals surface area contributed by atoms with Gasteiger partial charge in [-0.15, -0.1) is 0 Å². The summed E-state index contributed by atoms with van der Waals surface area (Å²) in [6, 6.07) is 11.3. The zero-order valence-corrected chi connectivity index (χ0v) is 9.42. The first kappa shape index (κ1) is 8.92. The Labute approximate surface area is 87.5 Å². The van der Waals surface area contributed by atoms with Gasteiger partial charge in [0.25, 0.3) is 0 Å². The van der Waals surface area contributed by atoms with E-state index < -0.39 is 0 Å². The highest BCUT2D eigenvalue weighted by molar-refractivity contribution is 7.66. The molecule has 0 spiro atoms. The number of hydrogen-bond acceptors (Lipinski definition) is 0. The standard InChI is InChI=1S/C13H17P/c1-2-6-12(7-3-1)14-10-9-11-5-4-8-13(11)14/h1-3,6-7,11,13H,4-5,8-10H2/t11-,13-,14?/m0/s1. The summed E-state index contributed by atoms with van der Waals surface area (Å²) in [6.45, 7) is 0. The van der Waals surface area contributed by atoms with Crippen molar-refractivity contribution in [3.63, 3.8) is 0 Å². The van der Waals surface area contributed by atoms with Gasteiger partial charge < -0.3 is 0 Å². The molecular weight excluding hydrogens is 187 g/mol. The Balaban J connectivity index is 1.86. The van der Waals surface area contributed by atoms with Gasteiger partial charge in [-0.3, -0.25) is 0 Å². The molecule has 1 unspecified atom stereocenters. The Bertz CT molecular complexity index is 306. The highest BCUT2D eigenvalue weighted by atomic mass is 31.1. The van der Waals surface area contributed by atoms with E-state index in [1.54, 1.807) is 5.30 Å². The van der Waals surface area contributed by atoms with Crippen molar-refractivity contribution >= 4 is 13.2 Å². The van der Waals surface area contributed by atoms with Crippen LogP contribution in [-0.2, 0) is 0 Å². The molecule has 3 rings (SSSR count). The lowest BCUT2D eigenvalue weighted by atomic mass is 10.1. The molecule has 0 N–H and O–H groups in total. The van der Waals surface area contributed by atoms with Gasteiger partial charge in [0.15, 0.2) is 0 Å². The summed E-state index contributed by atoms with van der Waals surface area (Å²) in [5.41, 5.74) is 1.09. The fraction of sp³-hybridized carbons (Fsp3) is 0.538. The fourth-order valence-electron chi connectivity index (χ4n) is 3.18. The average molecular weight is 204 g/mol. The van der Waals surface area contributed by atoms with Gasteiger partial charge in [-0.1, -0.05) is 44.7 Å². The average Bonchev–Trinajstić information content (AvgIpc) is 2.79. The van der Waals surface area contributed by atoms with E-state index in [2.05, 4.69) is 30.3 Å². The van der Waals surface area contributed by atoms with Crippen molar-refractivity contribution in [3.05, 3.63) is 30.3 Å². The van der Waals surface area contributed by atoms with Crippen LogP contribution in [-0.4, -0.2) is 11.8 Å². The molecule has 2 aliphatic rings. The van der Waals surface area contributed by atoms with E-state index in [9.17, 15) is 0 Å². The van der Waals surface area contributed by atoms with E-state index in [0.29, 0.717) is 0 Å². The molecule has 1 saturated heterocycles. The van der Waals surface area contributed by atoms with Crippen LogP contribution in [0, 0.1) is 5.92 Å². The maximum atomic E-state index is 2.35. The second kappa shape index (κ2) is 3.66. The molecule has 3 atom stereocenters. The van der Waals surface area contributed by atoms with Crippen LogP contribution in [0.5, 0.6) is 0 Å². The maximum Gasteiger partial charge on any atom is -0.0140 e. The summed E-state index contributed by atoms with van der Waals surface area (Å²) >= 11 is 0. The first-order chi connectivity index (χ1) is 6.95. The van der Waals surface area contributed by atoms with Crippen LogP contribution in [0.4, 0.5) is 0 Å². The molecule has 0 radical (unpaired) electrons. The maximum absolute atomic E-state index is 2.35. The molecule has 1 aliphatic heterocycles. The lowest BCUT2D eigenvalue weighted by molar-refractivity contribution is 0.568. The zero-order chi connectivity index (χ0) is 9.38. The Morgan fingerprint density at radius 2 is 1.86 bits per heavy atom. The third-order valence-electron chi connectivity index (χ3n) is 3.85. The monoisotopic (exact) mass is 204 g/mol. The van der Waals surface area contributed by atoms with E-state index in [1.165, 1.54) is 31.8 Å². The molecule has 0 nitrogen and oxygen atoms in total. The molecule has 14 heavy (non-hydrogen) atoms. The van der Waals surface area contributed by atoms with Crippen molar-refractivity contribution in [2.75, 3.05) is 6.16 Å². The molecule has 1 saturated carbocycles. The van der Waals surface area contributed by atoms with Crippen LogP contribution in [0.3, 0.4) is 0 Å². The van der Waals surface area contributed by atoms with Crippen molar-refractivity contribution < 1.29 is 0 Å². The van der Waals surface area contributed by atoms with Crippen molar-refractivity contribution in [2.45, 2.75) is 31.3 Å². The summed E-state index contributed by atoms with van der Waals surface area (Å²) in [6.07, 6.45) is 7.57. The first-order valence-corrected chi connectivity index (χ1v) is 7.36. The minimum Gasteiger partial charge on any atom is -0.0719 e. The number of fused-ring (bicyclic) bond motifs is 1. The largest absolute Gasteiger partial charge is 0.0719 e. The van der Waals surface area contributed by atoms with Crippen molar-refractivity contribution in [1.29, 1.82) is 0 Å². The minimum absolute atomic E-state index is 0.219. The van der Waals surface area contributed by atoms with E-state index >= 15 is 0 Å². The van der Waals surface area contributed by atoms with Crippen LogP contribution < -0.4 is 5.30 Å². The van der Waals surface area contributed by atoms with E-state index in [4.69, 9.17) is 0 Å². The summed E-state index contributed by atoms with van der Waals surface area (Å²) in [4.78, 5) is 0. The summed E-state index contributed by atoms with van der Waals surface area (Å²) in [5, 5.41) is 1.66. The van der Waals surface area contributed by atoms with Crippen LogP contribution in [0.15, 0.2) is 30.3 Å². The number of benzene rings is 1. The molecule has 1 aliphatic carbocycles. The Morgan fingerprint density at radius 3 is 2.71 bits per heavy atom. The quantitative estimate of drug-likeness (QED) is 0.615. The fourth-order valence-corrected chi connectivity index (χ4v) is 6.61. The van der Waals surface area contributed by atoms with E-state index in [0.717, 1.165) is 11.6 Å². The molecule has 1 aromatic carbocycles. The van der Waals surface area contributed by atoms with Crippen molar-refractivity contribution in [1.82, 2.24) is 0 Å². The highest BCUT2D eigenvalue weighted by Crippen LogP contribution is 2.57. The van der Waals surface area contributed by atoms with Gasteiger partial charge in [0.2, 0.25) is 0 Å². The normalized spacial score (nSPS) is 35.9. The summed E-state index contributed by atoms with van der Waals surface area (Å²) in [7, 11) is 0.219. The molecule has 74 valence electrons. The smallest absolute Gasteiger partial charge is 0.0140 e. The first-order valence-electron chi connectivity index (χ1n) is 5.77. The van der Waals surface area contributed by atoms with Gasteiger partial charge in [0.05, 0.1) is 0 Å². The second-order valence-corrected chi connectivity index (χ2v) is 7.14. The van der Waals surface area contributed by atoms with Crippen LogP contribution in [0.2, 0.25) is 0 Å². The van der Waals surface area contributed by atoms with Gasteiger partial charge in [-0.2, -0.15) is 0 Å². The topological polar surface area (TPSA) is 0 Å². The highest BCUT2D eigenvalue weighted by Gasteiger charge is 2.39. The molecular formula is C13H17P. The molecule has 0 amide bonds. The molecule has 1 heteroatoms. The lowest BCUT2D eigenvalue weighted by Crippen LogP contribution is -2.10. The molecule has 0 bridgehead atoms. The van der Waals surface area contributed by atoms with Crippen molar-refractivity contribution in [3.8, 4) is 0 Å². The SMILES string of the molecule is c1ccc(P2CC[C@@H]3CCC[C@@H]32)cc1. The van der Waals surface area contributed by atoms with Gasteiger partial charge in [0, 0.05) is 0 Å². The second-order valence-electron chi connectivity index (χ2n) is 4.58. The van der Waals surface area contributed by atoms with Crippen molar-refractivity contribution in [2.24, 2.45) is 5.92 Å². The summed E-state index contributed by atoms with van der Waals surface area (Å²) < 4.78 is 0. The zero-order valence-electron chi connectivity index (χ0n) is 8.52. The van der Waals surface area contributed by atoms with Crippen LogP contribution >= 0.6 is 7.92 Å². The number of rotatable bonds is 1. The van der Waals surface area contributed by atoms with Crippen LogP contribution in [0.1, 0.15) is 25.7 Å². The van der Waals surface area contributed by atoms with E-state index in [-0.39, 0.29) is 7.92 Å². The Kier molecular flexibility index (Phi) is 2.33. The van der Waals surface area contributed by atoms with Crippen LogP contribution in [0.25, 0.3) is 0 Å². The molecule has 1 aromatic rings. The van der Waals surface area contributed by atoms with Gasteiger partial charge in [-0.05, 0) is 42.3 Å². The third-order valence-corrected chi connectivity index (χ3v) is 7.03. The van der Waals surface area contributed by atoms with Gasteiger partial charge >= 0.3 is 0 Å². The third kappa shape index (κ3) is 1.41. The minimum atomic E-state index is 0.219. The molecule has 0 aromatic heterocycles. The van der Waals surface area contributed by atoms with Gasteiger partial charge in [0.1, 0.15) is 0 Å². The predicted molar refractivity (Wildman–Crippen MR) is 63.6 cm³/mol. The summed E-state index contributed by atoms with van der Waals surface area (Å²) in [5.74, 6) is 1.10. The Hall–Kier alpha value is -0.350. The Morgan fingerprint density at radius 1 is 1.00 bits per heavy atom. The van der Waals surface area contributed by atoms with E-state index in [1.807, 2.05) is 0 Å². The molecule has 2 fully saturated rings. The predicted octanol–water partition coefficient (Wildman–Crippen LogP) is 3.37.